The summed E-state index contributed by atoms with van der Waals surface area (Å²) in [5, 5.41) is 6.39. The molecule has 1 rings (SSSR count). The first-order valence-corrected chi connectivity index (χ1v) is 9.11. The maximum absolute atomic E-state index is 12.0. The molecular formula is C18H33IN4O3. The molecule has 8 heteroatoms. The van der Waals surface area contributed by atoms with E-state index in [1.807, 2.05) is 37.8 Å². The highest BCUT2D eigenvalue weighted by molar-refractivity contribution is 14.0. The van der Waals surface area contributed by atoms with E-state index >= 15 is 0 Å². The highest BCUT2D eigenvalue weighted by atomic mass is 127. The molecule has 0 fully saturated rings. The molecule has 0 spiro atoms. The predicted octanol–water partition coefficient (Wildman–Crippen LogP) is 2.62. The van der Waals surface area contributed by atoms with Crippen LogP contribution in [0, 0.1) is 0 Å². The van der Waals surface area contributed by atoms with Gasteiger partial charge < -0.3 is 24.7 Å². The van der Waals surface area contributed by atoms with Crippen LogP contribution in [0.15, 0.2) is 27.8 Å². The SMILES string of the molecule is CCNC(=NCCCOCc1ccco1)NCCC(=O)N(CC)CC.I. The van der Waals surface area contributed by atoms with Crippen LogP contribution in [0.2, 0.25) is 0 Å². The molecule has 0 atom stereocenters. The van der Waals surface area contributed by atoms with E-state index in [0.717, 1.165) is 37.8 Å². The van der Waals surface area contributed by atoms with Crippen LogP contribution in [0.1, 0.15) is 39.4 Å². The Morgan fingerprint density at radius 2 is 2.04 bits per heavy atom. The second-order valence-electron chi connectivity index (χ2n) is 5.49. The maximum Gasteiger partial charge on any atom is 0.224 e. The van der Waals surface area contributed by atoms with Crippen LogP contribution < -0.4 is 10.6 Å². The largest absolute Gasteiger partial charge is 0.467 e. The van der Waals surface area contributed by atoms with Gasteiger partial charge in [0.1, 0.15) is 12.4 Å². The third-order valence-electron chi connectivity index (χ3n) is 3.63. The van der Waals surface area contributed by atoms with Gasteiger partial charge in [-0.15, -0.1) is 24.0 Å². The molecule has 0 aliphatic heterocycles. The fourth-order valence-corrected chi connectivity index (χ4v) is 2.29. The first kappa shape index (κ1) is 24.7. The summed E-state index contributed by atoms with van der Waals surface area (Å²) in [5.74, 6) is 1.73. The van der Waals surface area contributed by atoms with Crippen molar-refractivity contribution < 1.29 is 13.9 Å². The first-order valence-electron chi connectivity index (χ1n) is 9.11. The number of ether oxygens (including phenoxy) is 1. The van der Waals surface area contributed by atoms with Gasteiger partial charge in [-0.3, -0.25) is 9.79 Å². The molecule has 150 valence electrons. The molecule has 1 aromatic rings. The number of aliphatic imine (C=N–C) groups is 1. The van der Waals surface area contributed by atoms with Gasteiger partial charge in [-0.2, -0.15) is 0 Å². The number of guanidine groups is 1. The molecule has 0 aliphatic carbocycles. The van der Waals surface area contributed by atoms with Crippen LogP contribution in [0.4, 0.5) is 0 Å². The van der Waals surface area contributed by atoms with E-state index in [-0.39, 0.29) is 29.9 Å². The van der Waals surface area contributed by atoms with Crippen molar-refractivity contribution in [1.82, 2.24) is 15.5 Å². The van der Waals surface area contributed by atoms with Crippen molar-refractivity contribution in [3.05, 3.63) is 24.2 Å². The third-order valence-corrected chi connectivity index (χ3v) is 3.63. The lowest BCUT2D eigenvalue weighted by Gasteiger charge is -2.19. The first-order chi connectivity index (χ1) is 12.2. The second kappa shape index (κ2) is 15.9. The van der Waals surface area contributed by atoms with Gasteiger partial charge in [0.15, 0.2) is 5.96 Å². The summed E-state index contributed by atoms with van der Waals surface area (Å²) in [6.07, 6.45) is 2.94. The zero-order chi connectivity index (χ0) is 18.3. The molecule has 0 saturated carbocycles. The van der Waals surface area contributed by atoms with E-state index in [0.29, 0.717) is 32.7 Å². The van der Waals surface area contributed by atoms with Crippen LogP contribution in [0.3, 0.4) is 0 Å². The van der Waals surface area contributed by atoms with Crippen LogP contribution in [0.25, 0.3) is 0 Å². The van der Waals surface area contributed by atoms with Gasteiger partial charge >= 0.3 is 0 Å². The van der Waals surface area contributed by atoms with Crippen molar-refractivity contribution in [1.29, 1.82) is 0 Å². The zero-order valence-electron chi connectivity index (χ0n) is 16.1. The van der Waals surface area contributed by atoms with E-state index in [2.05, 4.69) is 15.6 Å². The molecule has 7 nitrogen and oxygen atoms in total. The van der Waals surface area contributed by atoms with Crippen LogP contribution in [0.5, 0.6) is 0 Å². The number of amides is 1. The minimum absolute atomic E-state index is 0. The standard InChI is InChI=1S/C18H32N4O3.HI/c1-4-19-18(21-12-10-17(23)22(5-2)6-3)20-11-8-13-24-15-16-9-7-14-25-16;/h7,9,14H,4-6,8,10-13,15H2,1-3H3,(H2,19,20,21);1H. The van der Waals surface area contributed by atoms with Crippen molar-refractivity contribution in [3.63, 3.8) is 0 Å². The summed E-state index contributed by atoms with van der Waals surface area (Å²) >= 11 is 0. The minimum Gasteiger partial charge on any atom is -0.467 e. The van der Waals surface area contributed by atoms with Crippen molar-refractivity contribution in [3.8, 4) is 0 Å². The van der Waals surface area contributed by atoms with Crippen LogP contribution in [-0.2, 0) is 16.1 Å². The topological polar surface area (TPSA) is 79.1 Å². The monoisotopic (exact) mass is 480 g/mol. The van der Waals surface area contributed by atoms with Gasteiger partial charge in [0.05, 0.1) is 6.26 Å². The number of hydrogen-bond donors (Lipinski definition) is 2. The van der Waals surface area contributed by atoms with E-state index in [1.165, 1.54) is 0 Å². The second-order valence-corrected chi connectivity index (χ2v) is 5.49. The summed E-state index contributed by atoms with van der Waals surface area (Å²) in [5.41, 5.74) is 0. The number of nitrogens with one attached hydrogen (secondary N) is 2. The lowest BCUT2D eigenvalue weighted by Crippen LogP contribution is -2.40. The Bertz CT molecular complexity index is 491. The fraction of sp³-hybridized carbons (Fsp3) is 0.667. The number of carbonyl (C=O) groups excluding carboxylic acids is 1. The average molecular weight is 480 g/mol. The molecule has 1 amide bonds. The molecular weight excluding hydrogens is 447 g/mol. The van der Waals surface area contributed by atoms with Gasteiger partial charge in [0, 0.05) is 45.8 Å². The summed E-state index contributed by atoms with van der Waals surface area (Å²) < 4.78 is 10.7. The lowest BCUT2D eigenvalue weighted by atomic mass is 10.3. The predicted molar refractivity (Wildman–Crippen MR) is 115 cm³/mol. The molecule has 2 N–H and O–H groups in total. The molecule has 0 aromatic carbocycles. The third kappa shape index (κ3) is 10.6. The molecule has 26 heavy (non-hydrogen) atoms. The fourth-order valence-electron chi connectivity index (χ4n) is 2.29. The molecule has 0 saturated heterocycles. The summed E-state index contributed by atoms with van der Waals surface area (Å²) in [6.45, 7) is 10.7. The smallest absolute Gasteiger partial charge is 0.224 e. The van der Waals surface area contributed by atoms with Crippen molar-refractivity contribution >= 4 is 35.8 Å². The lowest BCUT2D eigenvalue weighted by molar-refractivity contribution is -0.130. The Kier molecular flexibility index (Phi) is 15.1. The average Bonchev–Trinajstić information content (AvgIpc) is 3.12. The Morgan fingerprint density at radius 3 is 2.65 bits per heavy atom. The summed E-state index contributed by atoms with van der Waals surface area (Å²) in [6, 6.07) is 3.74. The summed E-state index contributed by atoms with van der Waals surface area (Å²) in [7, 11) is 0. The Balaban J connectivity index is 0.00000625. The quantitative estimate of drug-likeness (QED) is 0.208. The molecule has 0 unspecified atom stereocenters. The number of carbonyl (C=O) groups is 1. The van der Waals surface area contributed by atoms with Gasteiger partial charge in [0.2, 0.25) is 5.91 Å². The molecule has 0 radical (unpaired) electrons. The van der Waals surface area contributed by atoms with Crippen LogP contribution >= 0.6 is 24.0 Å². The van der Waals surface area contributed by atoms with Gasteiger partial charge in [-0.05, 0) is 39.3 Å². The number of hydrogen-bond acceptors (Lipinski definition) is 4. The van der Waals surface area contributed by atoms with E-state index in [1.54, 1.807) is 6.26 Å². The van der Waals surface area contributed by atoms with Gasteiger partial charge in [-0.25, -0.2) is 0 Å². The highest BCUT2D eigenvalue weighted by Gasteiger charge is 2.08. The maximum atomic E-state index is 12.0. The molecule has 0 bridgehead atoms. The van der Waals surface area contributed by atoms with Crippen molar-refractivity contribution in [2.45, 2.75) is 40.2 Å². The van der Waals surface area contributed by atoms with Crippen molar-refractivity contribution in [2.75, 3.05) is 39.3 Å². The molecule has 0 aliphatic rings. The molecule has 1 heterocycles. The highest BCUT2D eigenvalue weighted by Crippen LogP contribution is 2.01. The van der Waals surface area contributed by atoms with Gasteiger partial charge in [-0.1, -0.05) is 0 Å². The number of rotatable bonds is 12. The van der Waals surface area contributed by atoms with Crippen molar-refractivity contribution in [2.24, 2.45) is 4.99 Å². The molecule has 1 aromatic heterocycles. The normalized spacial score (nSPS) is 11.0. The summed E-state index contributed by atoms with van der Waals surface area (Å²) in [4.78, 5) is 18.3. The van der Waals surface area contributed by atoms with E-state index in [4.69, 9.17) is 9.15 Å². The van der Waals surface area contributed by atoms with Gasteiger partial charge in [0.25, 0.3) is 0 Å². The van der Waals surface area contributed by atoms with Crippen LogP contribution in [-0.4, -0.2) is 56.1 Å². The minimum atomic E-state index is 0. The van der Waals surface area contributed by atoms with E-state index in [9.17, 15) is 4.79 Å². The Labute approximate surface area is 174 Å². The number of furan rings is 1. The zero-order valence-corrected chi connectivity index (χ0v) is 18.5. The number of nitrogens with zero attached hydrogens (tertiary/aromatic N) is 2. The number of halogens is 1. The Morgan fingerprint density at radius 1 is 1.27 bits per heavy atom. The van der Waals surface area contributed by atoms with E-state index < -0.39 is 0 Å². The Hall–Kier alpha value is -1.29.